The summed E-state index contributed by atoms with van der Waals surface area (Å²) in [5, 5.41) is 0.873. The molecular formula is C66H99F6N7O10S3Si2. The van der Waals surface area contributed by atoms with Crippen LogP contribution < -0.4 is 11.5 Å². The summed E-state index contributed by atoms with van der Waals surface area (Å²) in [4.78, 5) is 56.1. The molecular weight excluding hydrogens is 1320 g/mol. The number of amides is 2. The van der Waals surface area contributed by atoms with E-state index < -0.39 is 112 Å². The topological polar surface area (TPSA) is 211 Å². The van der Waals surface area contributed by atoms with E-state index in [0.717, 1.165) is 48.5 Å². The van der Waals surface area contributed by atoms with Gasteiger partial charge < -0.3 is 44.6 Å². The van der Waals surface area contributed by atoms with Gasteiger partial charge in [0.25, 0.3) is 0 Å². The number of halogens is 6. The fraction of sp³-hybridized carbons (Fsp3) is 0.636. The van der Waals surface area contributed by atoms with Gasteiger partial charge in [-0.2, -0.15) is 0 Å². The average molecular weight is 1420 g/mol. The summed E-state index contributed by atoms with van der Waals surface area (Å²) < 4.78 is 124. The van der Waals surface area contributed by atoms with Crippen molar-refractivity contribution in [3.63, 3.8) is 0 Å². The highest BCUT2D eigenvalue weighted by atomic mass is 32.2. The van der Waals surface area contributed by atoms with E-state index in [1.165, 1.54) is 64.7 Å². The Labute approximate surface area is 566 Å². The largest absolute Gasteiger partial charge is 0.468 e. The van der Waals surface area contributed by atoms with Crippen LogP contribution in [-0.4, -0.2) is 146 Å². The number of carbonyl (C=O) groups is 3. The Morgan fingerprint density at radius 3 is 1.39 bits per heavy atom. The molecule has 0 unspecified atom stereocenters. The Balaban J connectivity index is 0.000000261. The monoisotopic (exact) mass is 1420 g/mol. The highest BCUT2D eigenvalue weighted by molar-refractivity contribution is 8.16. The number of nitrogen functional groups attached to an aromatic ring is 1. The molecule has 3 fully saturated rings. The number of carbonyl (C=O) groups excluding carboxylic acids is 3. The fourth-order valence-electron chi connectivity index (χ4n) is 11.8. The van der Waals surface area contributed by atoms with Gasteiger partial charge in [0.05, 0.1) is 46.4 Å². The highest BCUT2D eigenvalue weighted by Gasteiger charge is 2.73. The summed E-state index contributed by atoms with van der Waals surface area (Å²) in [5.74, 6) is -6.74. The molecule has 28 heteroatoms. The molecule has 3 saturated carbocycles. The van der Waals surface area contributed by atoms with E-state index in [1.807, 2.05) is 0 Å². The highest BCUT2D eigenvalue weighted by Crippen LogP contribution is 2.69. The maximum absolute atomic E-state index is 15.0. The van der Waals surface area contributed by atoms with Crippen LogP contribution in [0, 0.1) is 52.7 Å². The number of hydrogen-bond acceptors (Lipinski definition) is 18. The first-order valence-corrected chi connectivity index (χ1v) is 40.3. The lowest BCUT2D eigenvalue weighted by Gasteiger charge is -2.38. The number of hydrogen-bond donors (Lipinski definition) is 2. The SMILES string of the molecule is C.C.COC(=O)[C@]12C[C@H]1[C@@](C)(c1cccc(F)c1F)N=C(N(COCC[Si](C)(C)C)C(=O)OC(C)(C)C)S2.COC[C@]12C[C@H]1[C@@](C)(c1cc(N)cc(F)c1F)N=C(N)S2.COC[C@]12C[C@H]1[C@@](C)(c1cccc(F)c1F)N=C(N(COCC[Si](C)(C)C)C(=O)OC(C)(C)C)S2. The number of anilines is 1. The lowest BCUT2D eigenvalue weighted by molar-refractivity contribution is -0.141. The molecule has 3 aliphatic carbocycles. The first-order chi connectivity index (χ1) is 42.5. The average Bonchev–Trinajstić information content (AvgIpc) is 1.54. The van der Waals surface area contributed by atoms with Crippen LogP contribution in [0.25, 0.3) is 0 Å². The van der Waals surface area contributed by atoms with Crippen molar-refractivity contribution in [2.45, 2.75) is 190 Å². The van der Waals surface area contributed by atoms with Crippen molar-refractivity contribution in [2.24, 2.45) is 38.5 Å². The number of ether oxygens (including phenoxy) is 7. The molecule has 3 aromatic rings. The van der Waals surface area contributed by atoms with Gasteiger partial charge in [0.2, 0.25) is 0 Å². The molecule has 9 rings (SSSR count). The normalized spacial score (nSPS) is 27.1. The molecule has 4 N–H and O–H groups in total. The fourth-order valence-corrected chi connectivity index (χ4v) is 18.0. The number of nitrogens with zero attached hydrogens (tertiary/aromatic N) is 5. The summed E-state index contributed by atoms with van der Waals surface area (Å²) in [7, 11) is 1.80. The van der Waals surface area contributed by atoms with E-state index in [9.17, 15) is 36.3 Å². The summed E-state index contributed by atoms with van der Waals surface area (Å²) in [6, 6.07) is 12.3. The molecule has 17 nitrogen and oxygen atoms in total. The molecule has 0 radical (unpaired) electrons. The van der Waals surface area contributed by atoms with Crippen molar-refractivity contribution in [1.82, 2.24) is 9.80 Å². The van der Waals surface area contributed by atoms with Gasteiger partial charge in [-0.25, -0.2) is 45.7 Å². The molecule has 9 atom stereocenters. The van der Waals surface area contributed by atoms with Crippen LogP contribution in [0.5, 0.6) is 0 Å². The first kappa shape index (κ1) is 79.9. The zero-order valence-corrected chi connectivity index (χ0v) is 60.5. The van der Waals surface area contributed by atoms with Gasteiger partial charge in [0, 0.05) is 83.7 Å². The van der Waals surface area contributed by atoms with Crippen LogP contribution in [0.1, 0.15) is 113 Å². The smallest absolute Gasteiger partial charge is 0.418 e. The molecule has 0 bridgehead atoms. The van der Waals surface area contributed by atoms with Gasteiger partial charge >= 0.3 is 18.2 Å². The lowest BCUT2D eigenvalue weighted by atomic mass is 9.85. The third-order valence-corrected chi connectivity index (χ3v) is 24.5. The zero-order chi connectivity index (χ0) is 68.8. The van der Waals surface area contributed by atoms with Crippen LogP contribution in [0.4, 0.5) is 41.6 Å². The van der Waals surface area contributed by atoms with Gasteiger partial charge in [-0.3, -0.25) is 19.8 Å². The number of benzene rings is 3. The maximum Gasteiger partial charge on any atom is 0.418 e. The van der Waals surface area contributed by atoms with Crippen molar-refractivity contribution in [3.05, 3.63) is 100 Å². The summed E-state index contributed by atoms with van der Waals surface area (Å²) in [5.41, 5.74) is 7.25. The molecule has 0 spiro atoms. The predicted molar refractivity (Wildman–Crippen MR) is 371 cm³/mol. The van der Waals surface area contributed by atoms with Crippen LogP contribution in [-0.2, 0) is 54.6 Å². The molecule has 3 aliphatic heterocycles. The molecule has 6 aliphatic rings. The van der Waals surface area contributed by atoms with Gasteiger partial charge in [-0.1, -0.05) is 114 Å². The molecule has 3 heterocycles. The van der Waals surface area contributed by atoms with E-state index >= 15 is 4.39 Å². The van der Waals surface area contributed by atoms with Crippen molar-refractivity contribution >= 4 is 90.8 Å². The van der Waals surface area contributed by atoms with Crippen LogP contribution in [0.3, 0.4) is 0 Å². The number of methoxy groups -OCH3 is 3. The van der Waals surface area contributed by atoms with E-state index in [0.29, 0.717) is 49.6 Å². The van der Waals surface area contributed by atoms with Gasteiger partial charge in [0.15, 0.2) is 50.4 Å². The van der Waals surface area contributed by atoms with Crippen molar-refractivity contribution in [3.8, 4) is 0 Å². The second-order valence-corrected chi connectivity index (χ2v) is 44.6. The Morgan fingerprint density at radius 2 is 0.979 bits per heavy atom. The Morgan fingerprint density at radius 1 is 0.574 bits per heavy atom. The number of amidine groups is 3. The quantitative estimate of drug-likeness (QED) is 0.0231. The van der Waals surface area contributed by atoms with Gasteiger partial charge in [0.1, 0.15) is 29.4 Å². The van der Waals surface area contributed by atoms with E-state index in [-0.39, 0.29) is 72.4 Å². The molecule has 0 saturated heterocycles. The standard InChI is InChI=1S/C25H36F2N2O5SSi.C25H38F2N2O4SSi.C14H17F2N3OS.2CH4/c1-23(2,3)34-22(31)29(15-33-12-13-36(6,7)8)21-28-24(4,16-10-9-11-17(26)19(16)27)18-14-25(18,35-21)20(30)32-5;1-23(2,3)33-22(30)29(16-32-12-13-35(6,7)8)21-28-24(4,17-10-9-11-18(26)20(17)27)19-14-25(19,34-21)15-31-5;1-13(8-3-7(17)4-9(15)11(8)16)10-5-14(10,6-20-2)21-12(18)19-13;;/h9-11,18H,12-15H2,1-8H3;9-11,19H,12-16H2,1-8H3;3-4,10H,5-6,17H2,1-2H3,(H2,18,19);2*1H4/t18-,24+,25-;19-,24+,25+;10-,13+,14+;;/m000../s1. The number of nitrogens with two attached hydrogens (primary N) is 2. The van der Waals surface area contributed by atoms with Crippen LogP contribution >= 0.6 is 35.3 Å². The van der Waals surface area contributed by atoms with Crippen LogP contribution in [0.2, 0.25) is 51.4 Å². The predicted octanol–water partition coefficient (Wildman–Crippen LogP) is 15.5. The van der Waals surface area contributed by atoms with E-state index in [2.05, 4.69) is 44.3 Å². The zero-order valence-electron chi connectivity index (χ0n) is 56.1. The van der Waals surface area contributed by atoms with Crippen LogP contribution in [0.15, 0.2) is 63.5 Å². The van der Waals surface area contributed by atoms with Gasteiger partial charge in [-0.05, 0) is 118 Å². The third kappa shape index (κ3) is 17.9. The minimum atomic E-state index is -1.38. The summed E-state index contributed by atoms with van der Waals surface area (Å²) in [6.45, 7) is 30.9. The third-order valence-electron chi connectivity index (χ3n) is 16.9. The van der Waals surface area contributed by atoms with Crippen molar-refractivity contribution in [2.75, 3.05) is 67.0 Å². The number of aliphatic imine (C=N–C) groups is 3. The number of thioether (sulfide) groups is 3. The lowest BCUT2D eigenvalue weighted by Crippen LogP contribution is -2.47. The first-order valence-electron chi connectivity index (χ1n) is 30.5. The minimum absolute atomic E-state index is 0. The molecule has 2 amide bonds. The van der Waals surface area contributed by atoms with Crippen molar-refractivity contribution in [1.29, 1.82) is 0 Å². The molecule has 94 heavy (non-hydrogen) atoms. The Hall–Kier alpha value is -4.82. The Kier molecular flexibility index (Phi) is 25.3. The number of esters is 1. The molecule has 526 valence electrons. The second kappa shape index (κ2) is 29.7. The Bertz CT molecular complexity index is 3350. The minimum Gasteiger partial charge on any atom is -0.468 e. The molecule has 0 aromatic heterocycles. The second-order valence-electron chi connectivity index (χ2n) is 29.2. The van der Waals surface area contributed by atoms with Gasteiger partial charge in [-0.15, -0.1) is 0 Å². The van der Waals surface area contributed by atoms with E-state index in [1.54, 1.807) is 82.6 Å². The van der Waals surface area contributed by atoms with Crippen molar-refractivity contribution < 1.29 is 73.9 Å². The maximum atomic E-state index is 15.0. The molecule has 3 aromatic carbocycles. The van der Waals surface area contributed by atoms with E-state index in [4.69, 9.17) is 54.6 Å². The summed E-state index contributed by atoms with van der Waals surface area (Å²) >= 11 is 3.97. The number of fused-ring (bicyclic) bond motifs is 3. The summed E-state index contributed by atoms with van der Waals surface area (Å²) in [6.07, 6.45) is 0.530. The number of rotatable bonds is 18.